The SMILES string of the molecule is COC1CC[C@]2(CC1)C(=O)[C@@]1(CCC(OC)CC1)C2F. The van der Waals surface area contributed by atoms with Gasteiger partial charge in [0.2, 0.25) is 0 Å². The van der Waals surface area contributed by atoms with Crippen LogP contribution in [0.25, 0.3) is 0 Å². The minimum absolute atomic E-state index is 0.210. The minimum atomic E-state index is -0.946. The van der Waals surface area contributed by atoms with Crippen LogP contribution < -0.4 is 0 Å². The van der Waals surface area contributed by atoms with Gasteiger partial charge in [0.05, 0.1) is 23.0 Å². The van der Waals surface area contributed by atoms with Crippen molar-refractivity contribution in [1.82, 2.24) is 0 Å². The molecule has 0 bridgehead atoms. The molecule has 3 rings (SSSR count). The number of halogens is 1. The first kappa shape index (κ1) is 14.5. The van der Waals surface area contributed by atoms with E-state index in [-0.39, 0.29) is 18.0 Å². The topological polar surface area (TPSA) is 35.5 Å². The molecular formula is C16H25FO3. The zero-order chi connectivity index (χ0) is 14.4. The van der Waals surface area contributed by atoms with Gasteiger partial charge in [0.15, 0.2) is 5.78 Å². The molecule has 0 unspecified atom stereocenters. The molecule has 20 heavy (non-hydrogen) atoms. The maximum atomic E-state index is 15.0. The summed E-state index contributed by atoms with van der Waals surface area (Å²) in [4.78, 5) is 12.8. The predicted molar refractivity (Wildman–Crippen MR) is 73.3 cm³/mol. The van der Waals surface area contributed by atoms with Gasteiger partial charge in [0.1, 0.15) is 6.17 Å². The highest BCUT2D eigenvalue weighted by Crippen LogP contribution is 2.64. The lowest BCUT2D eigenvalue weighted by Crippen LogP contribution is -2.69. The van der Waals surface area contributed by atoms with Gasteiger partial charge in [-0.1, -0.05) is 0 Å². The molecule has 2 spiro atoms. The van der Waals surface area contributed by atoms with Gasteiger partial charge >= 0.3 is 0 Å². The summed E-state index contributed by atoms with van der Waals surface area (Å²) in [5.74, 6) is 0.210. The van der Waals surface area contributed by atoms with Crippen LogP contribution in [0, 0.1) is 10.8 Å². The van der Waals surface area contributed by atoms with Crippen LogP contribution in [0.5, 0.6) is 0 Å². The largest absolute Gasteiger partial charge is 0.381 e. The van der Waals surface area contributed by atoms with Crippen molar-refractivity contribution >= 4 is 5.78 Å². The molecule has 0 aromatic carbocycles. The zero-order valence-corrected chi connectivity index (χ0v) is 12.5. The van der Waals surface area contributed by atoms with E-state index < -0.39 is 17.0 Å². The number of ketones is 1. The number of hydrogen-bond acceptors (Lipinski definition) is 3. The van der Waals surface area contributed by atoms with E-state index >= 15 is 4.39 Å². The van der Waals surface area contributed by atoms with Crippen molar-refractivity contribution in [2.45, 2.75) is 69.7 Å². The van der Waals surface area contributed by atoms with Crippen LogP contribution >= 0.6 is 0 Å². The average molecular weight is 284 g/mol. The molecule has 0 aromatic heterocycles. The third-order valence-electron chi connectivity index (χ3n) is 6.19. The fourth-order valence-electron chi connectivity index (χ4n) is 4.82. The first-order valence-corrected chi connectivity index (χ1v) is 7.83. The van der Waals surface area contributed by atoms with E-state index in [4.69, 9.17) is 9.47 Å². The van der Waals surface area contributed by atoms with Crippen molar-refractivity contribution < 1.29 is 18.7 Å². The number of methoxy groups -OCH3 is 2. The van der Waals surface area contributed by atoms with Crippen LogP contribution in [0.15, 0.2) is 0 Å². The van der Waals surface area contributed by atoms with Crippen LogP contribution in [0.3, 0.4) is 0 Å². The molecule has 3 saturated carbocycles. The average Bonchev–Trinajstić information content (AvgIpc) is 2.54. The lowest BCUT2D eigenvalue weighted by atomic mass is 9.42. The molecule has 0 saturated heterocycles. The maximum absolute atomic E-state index is 15.0. The van der Waals surface area contributed by atoms with Crippen molar-refractivity contribution in [1.29, 1.82) is 0 Å². The van der Waals surface area contributed by atoms with Crippen molar-refractivity contribution in [3.8, 4) is 0 Å². The Hall–Kier alpha value is -0.480. The van der Waals surface area contributed by atoms with Gasteiger partial charge in [-0.3, -0.25) is 4.79 Å². The van der Waals surface area contributed by atoms with E-state index in [1.54, 1.807) is 14.2 Å². The molecule has 0 amide bonds. The second kappa shape index (κ2) is 5.06. The second-order valence-electron chi connectivity index (χ2n) is 6.87. The van der Waals surface area contributed by atoms with Crippen LogP contribution in [0.2, 0.25) is 0 Å². The van der Waals surface area contributed by atoms with Gasteiger partial charge in [-0.05, 0) is 51.4 Å². The van der Waals surface area contributed by atoms with Crippen LogP contribution in [0.1, 0.15) is 51.4 Å². The van der Waals surface area contributed by atoms with E-state index in [2.05, 4.69) is 0 Å². The number of alkyl halides is 1. The van der Waals surface area contributed by atoms with Gasteiger partial charge in [0, 0.05) is 14.2 Å². The van der Waals surface area contributed by atoms with Gasteiger partial charge in [0.25, 0.3) is 0 Å². The Kier molecular flexibility index (Phi) is 3.66. The fourth-order valence-corrected chi connectivity index (χ4v) is 4.82. The van der Waals surface area contributed by atoms with Gasteiger partial charge in [-0.25, -0.2) is 4.39 Å². The first-order valence-electron chi connectivity index (χ1n) is 7.83. The van der Waals surface area contributed by atoms with Gasteiger partial charge in [-0.2, -0.15) is 0 Å². The molecular weight excluding hydrogens is 259 g/mol. The second-order valence-corrected chi connectivity index (χ2v) is 6.87. The highest BCUT2D eigenvalue weighted by molar-refractivity contribution is 5.98. The van der Waals surface area contributed by atoms with Crippen molar-refractivity contribution in [2.75, 3.05) is 14.2 Å². The molecule has 0 atom stereocenters. The number of carbonyl (C=O) groups is 1. The number of Topliss-reactive ketones (excluding diaryl/α,β-unsaturated/α-hetero) is 1. The first-order chi connectivity index (χ1) is 9.59. The quantitative estimate of drug-likeness (QED) is 0.782. The van der Waals surface area contributed by atoms with Crippen LogP contribution in [-0.2, 0) is 14.3 Å². The van der Waals surface area contributed by atoms with E-state index in [9.17, 15) is 4.79 Å². The third kappa shape index (κ3) is 1.80. The van der Waals surface area contributed by atoms with Crippen LogP contribution in [-0.4, -0.2) is 38.4 Å². The van der Waals surface area contributed by atoms with Crippen molar-refractivity contribution in [2.24, 2.45) is 10.8 Å². The lowest BCUT2D eigenvalue weighted by molar-refractivity contribution is -0.197. The molecule has 3 fully saturated rings. The molecule has 0 aromatic rings. The molecule has 3 aliphatic rings. The number of carbonyl (C=O) groups excluding carboxylic acids is 1. The summed E-state index contributed by atoms with van der Waals surface area (Å²) in [6.45, 7) is 0. The summed E-state index contributed by atoms with van der Waals surface area (Å²) in [6, 6.07) is 0. The highest BCUT2D eigenvalue weighted by atomic mass is 19.1. The summed E-state index contributed by atoms with van der Waals surface area (Å²) in [5.41, 5.74) is -1.34. The van der Waals surface area contributed by atoms with E-state index in [1.165, 1.54) is 0 Å². The zero-order valence-electron chi connectivity index (χ0n) is 12.5. The summed E-state index contributed by atoms with van der Waals surface area (Å²) in [6.07, 6.45) is 5.42. The monoisotopic (exact) mass is 284 g/mol. The summed E-state index contributed by atoms with van der Waals surface area (Å²) in [7, 11) is 3.40. The standard InChI is InChI=1S/C16H25FO3/c1-19-11-3-7-15(8-4-11)13(17)16(14(15)18)9-5-12(20-2)6-10-16/h11-13H,3-10H2,1-2H3/t11?,12?,13?,15-,16-. The summed E-state index contributed by atoms with van der Waals surface area (Å²) in [5, 5.41) is 0. The molecule has 3 nitrogen and oxygen atoms in total. The Morgan fingerprint density at radius 3 is 1.50 bits per heavy atom. The Bertz CT molecular complexity index is 345. The highest BCUT2D eigenvalue weighted by Gasteiger charge is 2.71. The molecule has 0 N–H and O–H groups in total. The maximum Gasteiger partial charge on any atom is 0.151 e. The molecule has 0 radical (unpaired) electrons. The normalized spacial score (nSPS) is 48.5. The summed E-state index contributed by atoms with van der Waals surface area (Å²) >= 11 is 0. The molecule has 0 aliphatic heterocycles. The number of rotatable bonds is 2. The van der Waals surface area contributed by atoms with Gasteiger partial charge in [-0.15, -0.1) is 0 Å². The molecule has 3 aliphatic carbocycles. The van der Waals surface area contributed by atoms with Gasteiger partial charge < -0.3 is 9.47 Å². The summed E-state index contributed by atoms with van der Waals surface area (Å²) < 4.78 is 25.7. The Morgan fingerprint density at radius 1 is 0.900 bits per heavy atom. The molecule has 114 valence electrons. The number of hydrogen-bond donors (Lipinski definition) is 0. The molecule has 0 heterocycles. The minimum Gasteiger partial charge on any atom is -0.381 e. The Labute approximate surface area is 120 Å². The Morgan fingerprint density at radius 2 is 1.25 bits per heavy atom. The number of ether oxygens (including phenoxy) is 2. The van der Waals surface area contributed by atoms with Crippen molar-refractivity contribution in [3.63, 3.8) is 0 Å². The lowest BCUT2D eigenvalue weighted by Gasteiger charge is -2.61. The van der Waals surface area contributed by atoms with Crippen molar-refractivity contribution in [3.05, 3.63) is 0 Å². The fraction of sp³-hybridized carbons (Fsp3) is 0.938. The third-order valence-corrected chi connectivity index (χ3v) is 6.19. The smallest absolute Gasteiger partial charge is 0.151 e. The predicted octanol–water partition coefficient (Wildman–Crippen LogP) is 3.06. The Balaban J connectivity index is 1.69. The van der Waals surface area contributed by atoms with Crippen LogP contribution in [0.4, 0.5) is 4.39 Å². The van der Waals surface area contributed by atoms with E-state index in [0.29, 0.717) is 25.7 Å². The van der Waals surface area contributed by atoms with E-state index in [1.807, 2.05) is 0 Å². The van der Waals surface area contributed by atoms with E-state index in [0.717, 1.165) is 25.7 Å². The molecule has 4 heteroatoms.